The Kier molecular flexibility index (Phi) is 10.8. The molecule has 0 unspecified atom stereocenters. The van der Waals surface area contributed by atoms with E-state index in [4.69, 9.17) is 5.11 Å². The Morgan fingerprint density at radius 2 is 1.40 bits per heavy atom. The van der Waals surface area contributed by atoms with E-state index in [1.165, 1.54) is 51.4 Å². The van der Waals surface area contributed by atoms with Crippen molar-refractivity contribution in [2.24, 2.45) is 0 Å². The maximum absolute atomic E-state index is 10.7. The molecule has 20 heavy (non-hydrogen) atoms. The van der Waals surface area contributed by atoms with Crippen molar-refractivity contribution >= 4 is 5.97 Å². The molecular weight excluding hydrogens is 250 g/mol. The number of hydrogen-bond acceptors (Lipinski definition) is 2. The van der Waals surface area contributed by atoms with Gasteiger partial charge >= 0.3 is 5.97 Å². The third-order valence-electron chi connectivity index (χ3n) is 3.83. The molecule has 0 aliphatic rings. The summed E-state index contributed by atoms with van der Waals surface area (Å²) in [5.74, 6) is -0.699. The molecule has 0 atom stereocenters. The molecule has 0 radical (unpaired) electrons. The highest BCUT2D eigenvalue weighted by Crippen LogP contribution is 2.16. The van der Waals surface area contributed by atoms with Gasteiger partial charge in [0.25, 0.3) is 0 Å². The van der Waals surface area contributed by atoms with E-state index in [9.17, 15) is 4.79 Å². The van der Waals surface area contributed by atoms with E-state index in [1.807, 2.05) is 0 Å². The molecule has 1 N–H and O–H groups in total. The van der Waals surface area contributed by atoms with Crippen molar-refractivity contribution in [2.75, 3.05) is 13.1 Å². The van der Waals surface area contributed by atoms with E-state index >= 15 is 0 Å². The van der Waals surface area contributed by atoms with Crippen LogP contribution in [0, 0.1) is 0 Å². The molecule has 0 rings (SSSR count). The lowest BCUT2D eigenvalue weighted by Crippen LogP contribution is -2.43. The molecule has 0 aromatic heterocycles. The molecule has 0 heterocycles. The Labute approximate surface area is 125 Å². The lowest BCUT2D eigenvalue weighted by atomic mass is 10.0. The number of unbranched alkanes of at least 4 members (excludes halogenated alkanes) is 7. The largest absolute Gasteiger partial charge is 0.481 e. The molecule has 0 aromatic rings. The summed E-state index contributed by atoms with van der Waals surface area (Å²) < 4.78 is 0. The number of nitrogens with zero attached hydrogens (tertiary/aromatic N) is 1. The second-order valence-corrected chi connectivity index (χ2v) is 6.78. The summed E-state index contributed by atoms with van der Waals surface area (Å²) in [6.07, 6.45) is 10.8. The molecule has 0 amide bonds. The van der Waals surface area contributed by atoms with E-state index < -0.39 is 5.97 Å². The minimum atomic E-state index is -0.699. The van der Waals surface area contributed by atoms with Gasteiger partial charge in [-0.05, 0) is 33.7 Å². The van der Waals surface area contributed by atoms with Gasteiger partial charge in [-0.1, -0.05) is 51.9 Å². The van der Waals surface area contributed by atoms with Crippen LogP contribution >= 0.6 is 0 Å². The zero-order valence-electron chi connectivity index (χ0n) is 14.1. The highest BCUT2D eigenvalue weighted by atomic mass is 16.4. The molecule has 3 nitrogen and oxygen atoms in total. The maximum atomic E-state index is 10.7. The summed E-state index contributed by atoms with van der Waals surface area (Å²) in [7, 11) is 0. The Morgan fingerprint density at radius 3 is 1.85 bits per heavy atom. The summed E-state index contributed by atoms with van der Waals surface area (Å²) in [5.41, 5.74) is 0.0660. The predicted octanol–water partition coefficient (Wildman–Crippen LogP) is 4.70. The topological polar surface area (TPSA) is 40.5 Å². The first-order chi connectivity index (χ1) is 9.38. The summed E-state index contributed by atoms with van der Waals surface area (Å²) in [6.45, 7) is 10.4. The molecule has 0 bridgehead atoms. The quantitative estimate of drug-likeness (QED) is 0.528. The molecular formula is C17H35NO2. The monoisotopic (exact) mass is 285 g/mol. The third-order valence-corrected chi connectivity index (χ3v) is 3.83. The van der Waals surface area contributed by atoms with Crippen LogP contribution in [0.5, 0.6) is 0 Å². The van der Waals surface area contributed by atoms with E-state index in [0.717, 1.165) is 6.54 Å². The molecule has 0 saturated carbocycles. The molecule has 0 aliphatic heterocycles. The van der Waals surface area contributed by atoms with Crippen LogP contribution in [0.3, 0.4) is 0 Å². The van der Waals surface area contributed by atoms with Gasteiger partial charge in [0, 0.05) is 12.1 Å². The van der Waals surface area contributed by atoms with Crippen molar-refractivity contribution in [1.82, 2.24) is 4.90 Å². The Bertz CT molecular complexity index is 246. The molecule has 0 fully saturated rings. The first kappa shape index (κ1) is 19.4. The zero-order chi connectivity index (χ0) is 15.4. The molecule has 0 aliphatic carbocycles. The summed E-state index contributed by atoms with van der Waals surface area (Å²) in [4.78, 5) is 13.0. The van der Waals surface area contributed by atoms with Crippen LogP contribution in [-0.4, -0.2) is 34.6 Å². The number of carbonyl (C=O) groups is 1. The van der Waals surface area contributed by atoms with Gasteiger partial charge in [-0.2, -0.15) is 0 Å². The smallest absolute Gasteiger partial charge is 0.304 e. The fraction of sp³-hybridized carbons (Fsp3) is 0.941. The molecule has 120 valence electrons. The van der Waals surface area contributed by atoms with Crippen molar-refractivity contribution in [3.63, 3.8) is 0 Å². The summed E-state index contributed by atoms with van der Waals surface area (Å²) in [5, 5.41) is 8.81. The Balaban J connectivity index is 3.72. The van der Waals surface area contributed by atoms with Crippen LogP contribution in [0.15, 0.2) is 0 Å². The number of hydrogen-bond donors (Lipinski definition) is 1. The van der Waals surface area contributed by atoms with Crippen LogP contribution in [-0.2, 0) is 4.79 Å². The predicted molar refractivity (Wildman–Crippen MR) is 86.2 cm³/mol. The molecule has 0 saturated heterocycles. The zero-order valence-corrected chi connectivity index (χ0v) is 14.1. The van der Waals surface area contributed by atoms with Crippen molar-refractivity contribution in [1.29, 1.82) is 0 Å². The second kappa shape index (κ2) is 11.1. The normalized spacial score (nSPS) is 12.1. The van der Waals surface area contributed by atoms with Crippen LogP contribution in [0.1, 0.15) is 85.5 Å². The first-order valence-electron chi connectivity index (χ1n) is 8.34. The van der Waals surface area contributed by atoms with Crippen molar-refractivity contribution in [3.05, 3.63) is 0 Å². The van der Waals surface area contributed by atoms with Crippen molar-refractivity contribution in [3.8, 4) is 0 Å². The average molecular weight is 285 g/mol. The SMILES string of the molecule is CCCCCCCCCCN(CCC(=O)O)C(C)(C)C. The average Bonchev–Trinajstić information content (AvgIpc) is 2.34. The fourth-order valence-corrected chi connectivity index (χ4v) is 2.45. The number of carboxylic acid groups (broad SMARTS) is 1. The number of carboxylic acids is 1. The number of rotatable bonds is 12. The van der Waals surface area contributed by atoms with Crippen molar-refractivity contribution < 1.29 is 9.90 Å². The summed E-state index contributed by atoms with van der Waals surface area (Å²) >= 11 is 0. The lowest BCUT2D eigenvalue weighted by molar-refractivity contribution is -0.137. The minimum Gasteiger partial charge on any atom is -0.481 e. The highest BCUT2D eigenvalue weighted by molar-refractivity contribution is 5.66. The van der Waals surface area contributed by atoms with Gasteiger partial charge < -0.3 is 5.11 Å². The first-order valence-corrected chi connectivity index (χ1v) is 8.34. The summed E-state index contributed by atoms with van der Waals surface area (Å²) in [6, 6.07) is 0. The van der Waals surface area contributed by atoms with Gasteiger partial charge in [-0.3, -0.25) is 9.69 Å². The lowest BCUT2D eigenvalue weighted by Gasteiger charge is -2.35. The van der Waals surface area contributed by atoms with E-state index in [-0.39, 0.29) is 12.0 Å². The fourth-order valence-electron chi connectivity index (χ4n) is 2.45. The Hall–Kier alpha value is -0.570. The van der Waals surface area contributed by atoms with Gasteiger partial charge in [0.1, 0.15) is 0 Å². The van der Waals surface area contributed by atoms with Crippen LogP contribution in [0.4, 0.5) is 0 Å². The van der Waals surface area contributed by atoms with Crippen LogP contribution in [0.25, 0.3) is 0 Å². The van der Waals surface area contributed by atoms with Gasteiger partial charge in [0.15, 0.2) is 0 Å². The second-order valence-electron chi connectivity index (χ2n) is 6.78. The van der Waals surface area contributed by atoms with Gasteiger partial charge in [0.2, 0.25) is 0 Å². The Morgan fingerprint density at radius 1 is 0.900 bits per heavy atom. The van der Waals surface area contributed by atoms with Gasteiger partial charge in [-0.25, -0.2) is 0 Å². The van der Waals surface area contributed by atoms with E-state index in [0.29, 0.717) is 6.54 Å². The van der Waals surface area contributed by atoms with Crippen LogP contribution < -0.4 is 0 Å². The van der Waals surface area contributed by atoms with Gasteiger partial charge in [0.05, 0.1) is 6.42 Å². The minimum absolute atomic E-state index is 0.0660. The molecule has 0 aromatic carbocycles. The number of aliphatic carboxylic acids is 1. The van der Waals surface area contributed by atoms with E-state index in [1.54, 1.807) is 0 Å². The van der Waals surface area contributed by atoms with Crippen LogP contribution in [0.2, 0.25) is 0 Å². The highest BCUT2D eigenvalue weighted by Gasteiger charge is 2.20. The van der Waals surface area contributed by atoms with E-state index in [2.05, 4.69) is 32.6 Å². The third kappa shape index (κ3) is 11.3. The van der Waals surface area contributed by atoms with Gasteiger partial charge in [-0.15, -0.1) is 0 Å². The molecule has 0 spiro atoms. The molecule has 3 heteroatoms. The van der Waals surface area contributed by atoms with Crippen molar-refractivity contribution in [2.45, 2.75) is 91.0 Å². The standard InChI is InChI=1S/C17H35NO2/c1-5-6-7-8-9-10-11-12-14-18(17(2,3)4)15-13-16(19)20/h5-15H2,1-4H3,(H,19,20). The maximum Gasteiger partial charge on any atom is 0.304 e.